The van der Waals surface area contributed by atoms with Crippen LogP contribution in [0.4, 0.5) is 0 Å². The lowest BCUT2D eigenvalue weighted by Crippen LogP contribution is -2.12. The van der Waals surface area contributed by atoms with Gasteiger partial charge >= 0.3 is 15.2 Å². The van der Waals surface area contributed by atoms with Gasteiger partial charge in [0.05, 0.1) is 26.4 Å². The third kappa shape index (κ3) is 6.89. The molecular formula is C13H27N3O6P2. The zero-order valence-corrected chi connectivity index (χ0v) is 16.3. The van der Waals surface area contributed by atoms with Gasteiger partial charge in [0.15, 0.2) is 5.45 Å². The topological polar surface area (TPSA) is 135 Å². The largest absolute Gasteiger partial charge is 0.392 e. The van der Waals surface area contributed by atoms with E-state index in [9.17, 15) is 9.13 Å². The van der Waals surface area contributed by atoms with E-state index >= 15 is 0 Å². The van der Waals surface area contributed by atoms with Crippen LogP contribution in [0.25, 0.3) is 0 Å². The Morgan fingerprint density at radius 3 is 1.62 bits per heavy atom. The lowest BCUT2D eigenvalue weighted by atomic mass is 10.6. The lowest BCUT2D eigenvalue weighted by molar-refractivity contribution is 0.226. The van der Waals surface area contributed by atoms with Crippen molar-refractivity contribution >= 4 is 20.6 Å². The van der Waals surface area contributed by atoms with Crippen LogP contribution >= 0.6 is 15.2 Å². The van der Waals surface area contributed by atoms with Crippen molar-refractivity contribution in [2.45, 2.75) is 27.7 Å². The van der Waals surface area contributed by atoms with Crippen molar-refractivity contribution in [3.63, 3.8) is 0 Å². The van der Waals surface area contributed by atoms with E-state index in [2.05, 4.69) is 11.6 Å². The van der Waals surface area contributed by atoms with Gasteiger partial charge in [0.1, 0.15) is 11.3 Å². The van der Waals surface area contributed by atoms with Crippen molar-refractivity contribution < 1.29 is 27.2 Å². The highest BCUT2D eigenvalue weighted by Crippen LogP contribution is 2.56. The first-order valence-electron chi connectivity index (χ1n) is 7.48. The molecule has 0 aromatic heterocycles. The highest BCUT2D eigenvalue weighted by molar-refractivity contribution is 7.73. The van der Waals surface area contributed by atoms with Crippen LogP contribution in [0.2, 0.25) is 0 Å². The van der Waals surface area contributed by atoms with E-state index < -0.39 is 15.2 Å². The van der Waals surface area contributed by atoms with Gasteiger partial charge in [-0.2, -0.15) is 0 Å². The third-order valence-corrected chi connectivity index (χ3v) is 6.27. The van der Waals surface area contributed by atoms with Crippen LogP contribution in [0.3, 0.4) is 0 Å². The molecule has 0 spiro atoms. The molecule has 0 amide bonds. The van der Waals surface area contributed by atoms with Crippen LogP contribution < -0.4 is 11.5 Å². The number of nitrogens with zero attached hydrogens (tertiary/aromatic N) is 1. The lowest BCUT2D eigenvalue weighted by Gasteiger charge is -2.20. The summed E-state index contributed by atoms with van der Waals surface area (Å²) >= 11 is 0. The highest BCUT2D eigenvalue weighted by atomic mass is 31.2. The summed E-state index contributed by atoms with van der Waals surface area (Å²) in [7, 11) is -7.58. The Bertz CT molecular complexity index is 556. The van der Waals surface area contributed by atoms with E-state index in [1.807, 2.05) is 0 Å². The van der Waals surface area contributed by atoms with Crippen LogP contribution in [0.5, 0.6) is 0 Å². The minimum atomic E-state index is -3.82. The molecule has 0 aromatic carbocycles. The molecule has 0 rings (SSSR count). The first-order chi connectivity index (χ1) is 11.2. The number of hydrogen-bond donors (Lipinski definition) is 2. The fraction of sp³-hybridized carbons (Fsp3) is 0.615. The second kappa shape index (κ2) is 10.8. The van der Waals surface area contributed by atoms with Crippen LogP contribution in [-0.4, -0.2) is 31.9 Å². The van der Waals surface area contributed by atoms with Crippen LogP contribution in [-0.2, 0) is 27.2 Å². The van der Waals surface area contributed by atoms with Crippen molar-refractivity contribution in [1.29, 1.82) is 0 Å². The molecule has 0 saturated carbocycles. The molecule has 0 aromatic rings. The first kappa shape index (κ1) is 23.1. The average Bonchev–Trinajstić information content (AvgIpc) is 2.47. The summed E-state index contributed by atoms with van der Waals surface area (Å²) < 4.78 is 46.2. The molecule has 0 bridgehead atoms. The van der Waals surface area contributed by atoms with Crippen LogP contribution in [0.15, 0.2) is 28.9 Å². The summed E-state index contributed by atoms with van der Waals surface area (Å²) in [6.07, 6.45) is 1.08. The predicted molar refractivity (Wildman–Crippen MR) is 94.7 cm³/mol. The molecule has 0 saturated heterocycles. The van der Waals surface area contributed by atoms with Crippen LogP contribution in [0, 0.1) is 0 Å². The van der Waals surface area contributed by atoms with Gasteiger partial charge in [0, 0.05) is 6.08 Å². The predicted octanol–water partition coefficient (Wildman–Crippen LogP) is 3.15. The highest BCUT2D eigenvalue weighted by Gasteiger charge is 2.34. The number of aliphatic imine (C=N–C) groups is 1. The number of hydrogen-bond acceptors (Lipinski definition) is 9. The van der Waals surface area contributed by atoms with Gasteiger partial charge in [-0.15, -0.1) is 0 Å². The summed E-state index contributed by atoms with van der Waals surface area (Å²) in [5, 5.41) is 0. The van der Waals surface area contributed by atoms with Gasteiger partial charge < -0.3 is 29.6 Å². The third-order valence-electron chi connectivity index (χ3n) is 2.33. The molecule has 4 N–H and O–H groups in total. The Hall–Kier alpha value is -0.950. The smallest absolute Gasteiger partial charge is 0.379 e. The first-order valence-corrected chi connectivity index (χ1v) is 10.6. The maximum Gasteiger partial charge on any atom is 0.379 e. The summed E-state index contributed by atoms with van der Waals surface area (Å²) in [6, 6.07) is 0. The fourth-order valence-corrected chi connectivity index (χ4v) is 4.57. The Morgan fingerprint density at radius 2 is 1.29 bits per heavy atom. The molecule has 0 heterocycles. The standard InChI is InChI=1S/C13H27N3O6P2/c1-6-19-23(17,20-7-2)12(15)10-13(16-11(5)14)24(18,21-8-3)22-9-4/h10H,5-9,14-15H2,1-4H3/b12-10+,16-13+. The maximum atomic E-state index is 12.9. The Labute approximate surface area is 143 Å². The van der Waals surface area contributed by atoms with Gasteiger partial charge in [0.25, 0.3) is 0 Å². The molecule has 0 fully saturated rings. The molecule has 0 unspecified atom stereocenters. The molecule has 0 atom stereocenters. The van der Waals surface area contributed by atoms with Gasteiger partial charge in [0.2, 0.25) is 0 Å². The fourth-order valence-electron chi connectivity index (χ4n) is 1.57. The second-order valence-electron chi connectivity index (χ2n) is 4.20. The van der Waals surface area contributed by atoms with Gasteiger partial charge in [-0.3, -0.25) is 9.13 Å². The number of allylic oxidation sites excluding steroid dienone is 1. The molecule has 0 radical (unpaired) electrons. The zero-order valence-electron chi connectivity index (χ0n) is 14.6. The van der Waals surface area contributed by atoms with Crippen molar-refractivity contribution in [2.75, 3.05) is 26.4 Å². The van der Waals surface area contributed by atoms with Gasteiger partial charge in [-0.05, 0) is 27.7 Å². The van der Waals surface area contributed by atoms with E-state index in [1.54, 1.807) is 27.7 Å². The van der Waals surface area contributed by atoms with Crippen molar-refractivity contribution in [3.8, 4) is 0 Å². The zero-order chi connectivity index (χ0) is 18.8. The Kier molecular flexibility index (Phi) is 10.4. The molecule has 9 nitrogen and oxygen atoms in total. The number of nitrogens with two attached hydrogens (primary N) is 2. The van der Waals surface area contributed by atoms with E-state index in [-0.39, 0.29) is 43.1 Å². The quantitative estimate of drug-likeness (QED) is 0.387. The minimum Gasteiger partial charge on any atom is -0.392 e. The monoisotopic (exact) mass is 383 g/mol. The summed E-state index contributed by atoms with van der Waals surface area (Å²) in [4.78, 5) is 3.86. The summed E-state index contributed by atoms with van der Waals surface area (Å²) in [5.74, 6) is -0.142. The van der Waals surface area contributed by atoms with E-state index in [4.69, 9.17) is 29.6 Å². The SMILES string of the molecule is C=C(N)/N=C(\C=C(/N)P(=O)(OCC)OCC)P(=O)(OCC)OCC. The summed E-state index contributed by atoms with van der Waals surface area (Å²) in [5.41, 5.74) is 10.8. The molecule has 140 valence electrons. The van der Waals surface area contributed by atoms with Crippen molar-refractivity contribution in [3.05, 3.63) is 23.9 Å². The van der Waals surface area contributed by atoms with Gasteiger partial charge in [-0.1, -0.05) is 6.58 Å². The minimum absolute atomic E-state index is 0.0929. The van der Waals surface area contributed by atoms with E-state index in [0.717, 1.165) is 6.08 Å². The van der Waals surface area contributed by atoms with Crippen molar-refractivity contribution in [2.24, 2.45) is 16.5 Å². The maximum absolute atomic E-state index is 12.9. The van der Waals surface area contributed by atoms with Gasteiger partial charge in [-0.25, -0.2) is 4.99 Å². The van der Waals surface area contributed by atoms with Crippen molar-refractivity contribution in [1.82, 2.24) is 0 Å². The molecule has 0 aliphatic rings. The van der Waals surface area contributed by atoms with E-state index in [0.29, 0.717) is 0 Å². The van der Waals surface area contributed by atoms with Crippen LogP contribution in [0.1, 0.15) is 27.7 Å². The second-order valence-corrected chi connectivity index (χ2v) is 8.19. The molecular weight excluding hydrogens is 356 g/mol. The average molecular weight is 383 g/mol. The van der Waals surface area contributed by atoms with E-state index in [1.165, 1.54) is 0 Å². The number of rotatable bonds is 12. The molecule has 11 heteroatoms. The normalized spacial score (nSPS) is 14.0. The molecule has 0 aliphatic carbocycles. The molecule has 24 heavy (non-hydrogen) atoms. The Balaban J connectivity index is 6.06. The Morgan fingerprint density at radius 1 is 0.917 bits per heavy atom. The summed E-state index contributed by atoms with van der Waals surface area (Å²) in [6.45, 7) is 10.4. The molecule has 0 aliphatic heterocycles.